The lowest BCUT2D eigenvalue weighted by Gasteiger charge is -2.14. The first-order valence-electron chi connectivity index (χ1n) is 8.42. The van der Waals surface area contributed by atoms with Crippen molar-refractivity contribution in [1.82, 2.24) is 4.90 Å². The van der Waals surface area contributed by atoms with Crippen LogP contribution in [0.5, 0.6) is 5.75 Å². The maximum atomic E-state index is 12.7. The number of halogens is 1. The Balaban J connectivity index is 1.63. The number of nitrogens with zero attached hydrogens (tertiary/aromatic N) is 1. The quantitative estimate of drug-likeness (QED) is 0.484. The average Bonchev–Trinajstić information content (AvgIpc) is 2.95. The minimum atomic E-state index is -0.188. The number of methoxy groups -OCH3 is 1. The van der Waals surface area contributed by atoms with Gasteiger partial charge in [-0.05, 0) is 51.8 Å². The fourth-order valence-corrected chi connectivity index (χ4v) is 4.26. The van der Waals surface area contributed by atoms with Crippen molar-refractivity contribution in [2.75, 3.05) is 19.0 Å². The SMILES string of the molecule is COc1cccc(C=C2SC(=S)N(CCC(=O)Nc3ccccc3Br)C2=O)c1. The molecule has 2 aromatic rings. The summed E-state index contributed by atoms with van der Waals surface area (Å²) < 4.78 is 6.46. The molecule has 0 atom stereocenters. The van der Waals surface area contributed by atoms with Crippen LogP contribution < -0.4 is 10.1 Å². The van der Waals surface area contributed by atoms with Gasteiger partial charge in [-0.15, -0.1) is 0 Å². The number of thiocarbonyl (C=S) groups is 1. The van der Waals surface area contributed by atoms with Crippen molar-refractivity contribution >= 4 is 67.8 Å². The molecule has 1 heterocycles. The van der Waals surface area contributed by atoms with Gasteiger partial charge in [0.15, 0.2) is 0 Å². The summed E-state index contributed by atoms with van der Waals surface area (Å²) in [6.07, 6.45) is 1.93. The van der Waals surface area contributed by atoms with Crippen molar-refractivity contribution in [3.63, 3.8) is 0 Å². The first kappa shape index (κ1) is 20.6. The highest BCUT2D eigenvalue weighted by Gasteiger charge is 2.32. The molecule has 1 aliphatic rings. The van der Waals surface area contributed by atoms with Gasteiger partial charge in [-0.3, -0.25) is 14.5 Å². The van der Waals surface area contributed by atoms with E-state index in [1.807, 2.05) is 42.5 Å². The summed E-state index contributed by atoms with van der Waals surface area (Å²) in [7, 11) is 1.59. The molecule has 0 aromatic heterocycles. The molecule has 1 N–H and O–H groups in total. The first-order valence-corrected chi connectivity index (χ1v) is 10.4. The highest BCUT2D eigenvalue weighted by molar-refractivity contribution is 9.10. The van der Waals surface area contributed by atoms with Crippen molar-refractivity contribution in [2.24, 2.45) is 0 Å². The summed E-state index contributed by atoms with van der Waals surface area (Å²) >= 11 is 9.95. The minimum absolute atomic E-state index is 0.153. The van der Waals surface area contributed by atoms with Crippen molar-refractivity contribution in [3.05, 3.63) is 63.5 Å². The highest BCUT2D eigenvalue weighted by atomic mass is 79.9. The maximum Gasteiger partial charge on any atom is 0.266 e. The molecule has 1 saturated heterocycles. The van der Waals surface area contributed by atoms with Crippen LogP contribution in [-0.2, 0) is 9.59 Å². The average molecular weight is 477 g/mol. The fraction of sp³-hybridized carbons (Fsp3) is 0.150. The van der Waals surface area contributed by atoms with Gasteiger partial charge >= 0.3 is 0 Å². The summed E-state index contributed by atoms with van der Waals surface area (Å²) in [6.45, 7) is 0.233. The molecule has 8 heteroatoms. The smallest absolute Gasteiger partial charge is 0.266 e. The van der Waals surface area contributed by atoms with Crippen LogP contribution in [0.25, 0.3) is 6.08 Å². The molecular weight excluding hydrogens is 460 g/mol. The Hall–Kier alpha value is -2.16. The van der Waals surface area contributed by atoms with Crippen LogP contribution in [0.3, 0.4) is 0 Å². The largest absolute Gasteiger partial charge is 0.497 e. The molecule has 0 spiro atoms. The molecule has 0 radical (unpaired) electrons. The zero-order valence-corrected chi connectivity index (χ0v) is 18.2. The number of amides is 2. The number of hydrogen-bond donors (Lipinski definition) is 1. The zero-order chi connectivity index (χ0) is 20.1. The molecule has 0 aliphatic carbocycles. The zero-order valence-electron chi connectivity index (χ0n) is 15.0. The van der Waals surface area contributed by atoms with Crippen molar-refractivity contribution in [1.29, 1.82) is 0 Å². The molecule has 2 amide bonds. The number of thioether (sulfide) groups is 1. The van der Waals surface area contributed by atoms with E-state index >= 15 is 0 Å². The summed E-state index contributed by atoms with van der Waals surface area (Å²) in [6, 6.07) is 14.8. The van der Waals surface area contributed by atoms with E-state index in [4.69, 9.17) is 17.0 Å². The molecule has 1 fully saturated rings. The van der Waals surface area contributed by atoms with Gasteiger partial charge in [0.25, 0.3) is 5.91 Å². The molecule has 3 rings (SSSR count). The monoisotopic (exact) mass is 476 g/mol. The number of benzene rings is 2. The number of carbonyl (C=O) groups is 2. The molecule has 2 aromatic carbocycles. The lowest BCUT2D eigenvalue weighted by Crippen LogP contribution is -2.31. The molecule has 0 saturated carbocycles. The van der Waals surface area contributed by atoms with Gasteiger partial charge < -0.3 is 10.1 Å². The number of carbonyl (C=O) groups excluding carboxylic acids is 2. The molecule has 28 heavy (non-hydrogen) atoms. The van der Waals surface area contributed by atoms with E-state index in [1.165, 1.54) is 16.7 Å². The predicted octanol–water partition coefficient (Wildman–Crippen LogP) is 4.69. The fourth-order valence-electron chi connectivity index (χ4n) is 2.56. The van der Waals surface area contributed by atoms with E-state index in [0.717, 1.165) is 10.0 Å². The second-order valence-corrected chi connectivity index (χ2v) is 8.42. The summed E-state index contributed by atoms with van der Waals surface area (Å²) in [5.74, 6) is 0.345. The normalized spacial score (nSPS) is 15.2. The van der Waals surface area contributed by atoms with Crippen LogP contribution in [0.15, 0.2) is 57.9 Å². The number of anilines is 1. The van der Waals surface area contributed by atoms with Crippen LogP contribution in [-0.4, -0.2) is 34.7 Å². The molecular formula is C20H17BrN2O3S2. The summed E-state index contributed by atoms with van der Waals surface area (Å²) in [5, 5.41) is 2.83. The van der Waals surface area contributed by atoms with Gasteiger partial charge in [-0.25, -0.2) is 0 Å². The Bertz CT molecular complexity index is 962. The highest BCUT2D eigenvalue weighted by Crippen LogP contribution is 2.33. The number of para-hydroxylation sites is 1. The lowest BCUT2D eigenvalue weighted by atomic mass is 10.2. The minimum Gasteiger partial charge on any atom is -0.497 e. The van der Waals surface area contributed by atoms with Gasteiger partial charge in [0.1, 0.15) is 10.1 Å². The Labute approximate surface area is 181 Å². The van der Waals surface area contributed by atoms with Crippen molar-refractivity contribution in [2.45, 2.75) is 6.42 Å². The maximum absolute atomic E-state index is 12.7. The number of ether oxygens (including phenoxy) is 1. The van der Waals surface area contributed by atoms with Crippen LogP contribution >= 0.6 is 39.9 Å². The van der Waals surface area contributed by atoms with E-state index in [2.05, 4.69) is 21.2 Å². The van der Waals surface area contributed by atoms with E-state index in [1.54, 1.807) is 19.3 Å². The first-order chi connectivity index (χ1) is 13.5. The lowest BCUT2D eigenvalue weighted by molar-refractivity contribution is -0.122. The Morgan fingerprint density at radius 2 is 2.07 bits per heavy atom. The Morgan fingerprint density at radius 3 is 2.82 bits per heavy atom. The van der Waals surface area contributed by atoms with E-state index < -0.39 is 0 Å². The number of rotatable bonds is 6. The van der Waals surface area contributed by atoms with E-state index in [0.29, 0.717) is 20.7 Å². The van der Waals surface area contributed by atoms with Crippen LogP contribution in [0.2, 0.25) is 0 Å². The Kier molecular flexibility index (Phi) is 6.88. The van der Waals surface area contributed by atoms with Crippen molar-refractivity contribution in [3.8, 4) is 5.75 Å². The van der Waals surface area contributed by atoms with Gasteiger partial charge in [-0.1, -0.05) is 48.2 Å². The number of nitrogens with one attached hydrogen (secondary N) is 1. The topological polar surface area (TPSA) is 58.6 Å². The molecule has 0 unspecified atom stereocenters. The molecule has 144 valence electrons. The third-order valence-corrected chi connectivity index (χ3v) is 6.04. The van der Waals surface area contributed by atoms with Gasteiger partial charge in [0.2, 0.25) is 5.91 Å². The molecule has 5 nitrogen and oxygen atoms in total. The standard InChI is InChI=1S/C20H17BrN2O3S2/c1-26-14-6-4-5-13(11-14)12-17-19(25)23(20(27)28-17)10-9-18(24)22-16-8-3-2-7-15(16)21/h2-8,11-12H,9-10H2,1H3,(H,22,24). The van der Waals surface area contributed by atoms with Crippen LogP contribution in [0.4, 0.5) is 5.69 Å². The molecule has 0 bridgehead atoms. The summed E-state index contributed by atoms with van der Waals surface area (Å²) in [5.41, 5.74) is 1.54. The third-order valence-electron chi connectivity index (χ3n) is 3.98. The molecule has 1 aliphatic heterocycles. The van der Waals surface area contributed by atoms with E-state index in [9.17, 15) is 9.59 Å². The predicted molar refractivity (Wildman–Crippen MR) is 120 cm³/mol. The van der Waals surface area contributed by atoms with Gasteiger partial charge in [-0.2, -0.15) is 0 Å². The second kappa shape index (κ2) is 9.36. The third kappa shape index (κ3) is 5.01. The van der Waals surface area contributed by atoms with Gasteiger partial charge in [0.05, 0.1) is 17.7 Å². The van der Waals surface area contributed by atoms with Gasteiger partial charge in [0, 0.05) is 17.4 Å². The van der Waals surface area contributed by atoms with Crippen LogP contribution in [0, 0.1) is 0 Å². The Morgan fingerprint density at radius 1 is 1.29 bits per heavy atom. The second-order valence-electron chi connectivity index (χ2n) is 5.89. The summed E-state index contributed by atoms with van der Waals surface area (Å²) in [4.78, 5) is 26.9. The van der Waals surface area contributed by atoms with Crippen LogP contribution in [0.1, 0.15) is 12.0 Å². The van der Waals surface area contributed by atoms with E-state index in [-0.39, 0.29) is 24.8 Å². The van der Waals surface area contributed by atoms with Crippen molar-refractivity contribution < 1.29 is 14.3 Å². The number of hydrogen-bond acceptors (Lipinski definition) is 5.